The molecule has 0 radical (unpaired) electrons. The van der Waals surface area contributed by atoms with Gasteiger partial charge < -0.3 is 20.1 Å². The molecular weight excluding hydrogens is 366 g/mol. The summed E-state index contributed by atoms with van der Waals surface area (Å²) in [5.41, 5.74) is 2.84. The largest absolute Gasteiger partial charge is 0.496 e. The summed E-state index contributed by atoms with van der Waals surface area (Å²) in [6.45, 7) is 4.45. The van der Waals surface area contributed by atoms with Crippen molar-refractivity contribution in [3.05, 3.63) is 78.1 Å². The molecule has 0 spiro atoms. The zero-order valence-electron chi connectivity index (χ0n) is 16.8. The second-order valence-electron chi connectivity index (χ2n) is 6.74. The smallest absolute Gasteiger partial charge is 0.257 e. The zero-order chi connectivity index (χ0) is 20.6. The van der Waals surface area contributed by atoms with Crippen LogP contribution < -0.4 is 20.1 Å². The Labute approximate surface area is 170 Å². The molecule has 0 bridgehead atoms. The van der Waals surface area contributed by atoms with E-state index in [1.807, 2.05) is 62.4 Å². The lowest BCUT2D eigenvalue weighted by Gasteiger charge is -2.15. The fraction of sp³-hybridized carbons (Fsp3) is 0.217. The lowest BCUT2D eigenvalue weighted by Crippen LogP contribution is -2.15. The van der Waals surface area contributed by atoms with Crippen LogP contribution in [-0.2, 0) is 6.54 Å². The van der Waals surface area contributed by atoms with E-state index < -0.39 is 0 Å². The van der Waals surface area contributed by atoms with Gasteiger partial charge in [0.15, 0.2) is 0 Å². The Kier molecular flexibility index (Phi) is 6.68. The van der Waals surface area contributed by atoms with Gasteiger partial charge in [-0.05, 0) is 38.1 Å². The van der Waals surface area contributed by atoms with E-state index in [0.717, 1.165) is 17.0 Å². The maximum Gasteiger partial charge on any atom is 0.257 e. The van der Waals surface area contributed by atoms with E-state index in [9.17, 15) is 4.79 Å². The zero-order valence-corrected chi connectivity index (χ0v) is 16.8. The molecule has 0 unspecified atom stereocenters. The predicted octanol–water partition coefficient (Wildman–Crippen LogP) is 4.74. The Morgan fingerprint density at radius 1 is 1.03 bits per heavy atom. The molecule has 1 aromatic heterocycles. The van der Waals surface area contributed by atoms with Gasteiger partial charge in [-0.3, -0.25) is 9.78 Å². The Bertz CT molecular complexity index is 973. The third kappa shape index (κ3) is 5.48. The summed E-state index contributed by atoms with van der Waals surface area (Å²) in [6, 6.07) is 16.9. The number of ether oxygens (including phenoxy) is 2. The summed E-state index contributed by atoms with van der Waals surface area (Å²) in [5, 5.41) is 6.18. The minimum atomic E-state index is -0.252. The minimum absolute atomic E-state index is 0.0113. The Balaban J connectivity index is 1.70. The molecule has 0 fully saturated rings. The van der Waals surface area contributed by atoms with Crippen molar-refractivity contribution < 1.29 is 14.3 Å². The average molecular weight is 391 g/mol. The fourth-order valence-corrected chi connectivity index (χ4v) is 2.83. The molecule has 6 nitrogen and oxygen atoms in total. The van der Waals surface area contributed by atoms with Crippen LogP contribution >= 0.6 is 0 Å². The summed E-state index contributed by atoms with van der Waals surface area (Å²) in [4.78, 5) is 16.9. The van der Waals surface area contributed by atoms with Crippen molar-refractivity contribution in [2.45, 2.75) is 26.5 Å². The standard InChI is InChI=1S/C23H25N3O3/c1-16(2)29-22-11-7-5-9-20(22)26-23(27)18-12-19(15-24-13-18)25-14-17-8-4-6-10-21(17)28-3/h4-13,15-16,25H,14H2,1-3H3,(H,26,27). The number of nitrogens with zero attached hydrogens (tertiary/aromatic N) is 1. The number of carbonyl (C=O) groups is 1. The molecule has 29 heavy (non-hydrogen) atoms. The highest BCUT2D eigenvalue weighted by atomic mass is 16.5. The number of carbonyl (C=O) groups excluding carboxylic acids is 1. The van der Waals surface area contributed by atoms with Gasteiger partial charge in [0.1, 0.15) is 11.5 Å². The minimum Gasteiger partial charge on any atom is -0.496 e. The van der Waals surface area contributed by atoms with Gasteiger partial charge in [0, 0.05) is 24.5 Å². The van der Waals surface area contributed by atoms with Crippen LogP contribution in [0.1, 0.15) is 29.8 Å². The van der Waals surface area contributed by atoms with E-state index in [1.165, 1.54) is 6.20 Å². The molecule has 1 heterocycles. The van der Waals surface area contributed by atoms with E-state index in [4.69, 9.17) is 9.47 Å². The van der Waals surface area contributed by atoms with Crippen molar-refractivity contribution in [1.82, 2.24) is 4.98 Å². The summed E-state index contributed by atoms with van der Waals surface area (Å²) < 4.78 is 11.1. The highest BCUT2D eigenvalue weighted by Gasteiger charge is 2.12. The van der Waals surface area contributed by atoms with Crippen molar-refractivity contribution >= 4 is 17.3 Å². The third-order valence-electron chi connectivity index (χ3n) is 4.17. The van der Waals surface area contributed by atoms with E-state index in [0.29, 0.717) is 23.5 Å². The lowest BCUT2D eigenvalue weighted by atomic mass is 10.2. The van der Waals surface area contributed by atoms with Gasteiger partial charge in [0.25, 0.3) is 5.91 Å². The van der Waals surface area contributed by atoms with Crippen LogP contribution in [0, 0.1) is 0 Å². The van der Waals surface area contributed by atoms with Gasteiger partial charge in [0.2, 0.25) is 0 Å². The number of methoxy groups -OCH3 is 1. The molecule has 0 atom stereocenters. The van der Waals surface area contributed by atoms with Gasteiger partial charge in [0.05, 0.1) is 30.2 Å². The van der Waals surface area contributed by atoms with E-state index in [2.05, 4.69) is 15.6 Å². The van der Waals surface area contributed by atoms with Gasteiger partial charge in [-0.25, -0.2) is 0 Å². The van der Waals surface area contributed by atoms with Gasteiger partial charge in [-0.2, -0.15) is 0 Å². The number of benzene rings is 2. The first kappa shape index (κ1) is 20.2. The van der Waals surface area contributed by atoms with E-state index >= 15 is 0 Å². The molecule has 0 aliphatic heterocycles. The average Bonchev–Trinajstić information content (AvgIpc) is 2.73. The number of aromatic nitrogens is 1. The van der Waals surface area contributed by atoms with Crippen LogP contribution in [0.4, 0.5) is 11.4 Å². The molecule has 150 valence electrons. The molecule has 0 saturated carbocycles. The summed E-state index contributed by atoms with van der Waals surface area (Å²) in [7, 11) is 1.65. The lowest BCUT2D eigenvalue weighted by molar-refractivity contribution is 0.102. The first-order valence-corrected chi connectivity index (χ1v) is 9.44. The molecular formula is C23H25N3O3. The molecule has 6 heteroatoms. The molecule has 2 N–H and O–H groups in total. The molecule has 0 aliphatic rings. The van der Waals surface area contributed by atoms with Crippen LogP contribution in [0.5, 0.6) is 11.5 Å². The predicted molar refractivity (Wildman–Crippen MR) is 115 cm³/mol. The molecule has 1 amide bonds. The number of nitrogens with one attached hydrogen (secondary N) is 2. The number of hydrogen-bond acceptors (Lipinski definition) is 5. The Morgan fingerprint density at radius 2 is 1.76 bits per heavy atom. The first-order valence-electron chi connectivity index (χ1n) is 9.44. The first-order chi connectivity index (χ1) is 14.1. The van der Waals surface area contributed by atoms with Gasteiger partial charge in [-0.1, -0.05) is 30.3 Å². The number of rotatable bonds is 8. The van der Waals surface area contributed by atoms with Crippen molar-refractivity contribution in [2.24, 2.45) is 0 Å². The van der Waals surface area contributed by atoms with Crippen LogP contribution in [0.15, 0.2) is 67.0 Å². The van der Waals surface area contributed by atoms with Crippen molar-refractivity contribution in [3.8, 4) is 11.5 Å². The second kappa shape index (κ2) is 9.59. The number of pyridine rings is 1. The molecule has 2 aromatic carbocycles. The summed E-state index contributed by atoms with van der Waals surface area (Å²) in [6.07, 6.45) is 3.23. The topological polar surface area (TPSA) is 72.5 Å². The van der Waals surface area contributed by atoms with Crippen LogP contribution in [-0.4, -0.2) is 24.1 Å². The fourth-order valence-electron chi connectivity index (χ4n) is 2.83. The Morgan fingerprint density at radius 3 is 2.52 bits per heavy atom. The monoisotopic (exact) mass is 391 g/mol. The summed E-state index contributed by atoms with van der Waals surface area (Å²) in [5.74, 6) is 1.19. The Hall–Kier alpha value is -3.54. The molecule has 0 aliphatic carbocycles. The SMILES string of the molecule is COc1ccccc1CNc1cncc(C(=O)Nc2ccccc2OC(C)C)c1. The highest BCUT2D eigenvalue weighted by Crippen LogP contribution is 2.26. The quantitative estimate of drug-likeness (QED) is 0.580. The van der Waals surface area contributed by atoms with Gasteiger partial charge >= 0.3 is 0 Å². The normalized spacial score (nSPS) is 10.5. The van der Waals surface area contributed by atoms with Crippen LogP contribution in [0.25, 0.3) is 0 Å². The second-order valence-corrected chi connectivity index (χ2v) is 6.74. The molecule has 3 rings (SSSR count). The number of anilines is 2. The molecule has 3 aromatic rings. The number of amides is 1. The summed E-state index contributed by atoms with van der Waals surface area (Å²) >= 11 is 0. The third-order valence-corrected chi connectivity index (χ3v) is 4.17. The van der Waals surface area contributed by atoms with E-state index in [-0.39, 0.29) is 12.0 Å². The van der Waals surface area contributed by atoms with E-state index in [1.54, 1.807) is 19.4 Å². The van der Waals surface area contributed by atoms with Crippen LogP contribution in [0.3, 0.4) is 0 Å². The number of para-hydroxylation sites is 3. The molecule has 0 saturated heterocycles. The maximum atomic E-state index is 12.7. The van der Waals surface area contributed by atoms with Crippen molar-refractivity contribution in [1.29, 1.82) is 0 Å². The van der Waals surface area contributed by atoms with Crippen LogP contribution in [0.2, 0.25) is 0 Å². The van der Waals surface area contributed by atoms with Gasteiger partial charge in [-0.15, -0.1) is 0 Å². The maximum absolute atomic E-state index is 12.7. The number of hydrogen-bond donors (Lipinski definition) is 2. The van der Waals surface area contributed by atoms with Crippen molar-refractivity contribution in [2.75, 3.05) is 17.7 Å². The highest BCUT2D eigenvalue weighted by molar-refractivity contribution is 6.05. The van der Waals surface area contributed by atoms with Crippen molar-refractivity contribution in [3.63, 3.8) is 0 Å².